The van der Waals surface area contributed by atoms with Crippen molar-refractivity contribution < 1.29 is 0 Å². The van der Waals surface area contributed by atoms with Gasteiger partial charge in [-0.3, -0.25) is 0 Å². The van der Waals surface area contributed by atoms with Gasteiger partial charge in [-0.1, -0.05) is 47.5 Å². The molecule has 0 radical (unpaired) electrons. The second-order valence-corrected chi connectivity index (χ2v) is 6.50. The van der Waals surface area contributed by atoms with Gasteiger partial charge in [-0.2, -0.15) is 0 Å². The van der Waals surface area contributed by atoms with Crippen LogP contribution in [0.15, 0.2) is 0 Å². The van der Waals surface area contributed by atoms with E-state index in [0.717, 1.165) is 29.7 Å². The van der Waals surface area contributed by atoms with E-state index in [1.54, 1.807) is 0 Å². The fourth-order valence-corrected chi connectivity index (χ4v) is 2.61. The van der Waals surface area contributed by atoms with Gasteiger partial charge in [0, 0.05) is 6.04 Å². The molecule has 1 rings (SSSR count). The molecule has 0 aliphatic heterocycles. The van der Waals surface area contributed by atoms with Gasteiger partial charge in [-0.15, -0.1) is 0 Å². The molecule has 1 saturated carbocycles. The molecule has 1 nitrogen and oxygen atoms in total. The summed E-state index contributed by atoms with van der Waals surface area (Å²) in [6.07, 6.45) is 5.68. The van der Waals surface area contributed by atoms with Crippen molar-refractivity contribution >= 4 is 0 Å². The van der Waals surface area contributed by atoms with Crippen molar-refractivity contribution in [1.82, 2.24) is 5.32 Å². The van der Waals surface area contributed by atoms with Crippen LogP contribution in [0.5, 0.6) is 0 Å². The molecule has 16 heavy (non-hydrogen) atoms. The molecule has 0 aromatic rings. The minimum Gasteiger partial charge on any atom is -0.314 e. The molecular weight excluding hydrogens is 194 g/mol. The predicted molar refractivity (Wildman–Crippen MR) is 72.6 cm³/mol. The summed E-state index contributed by atoms with van der Waals surface area (Å²) in [5.74, 6) is 3.43. The van der Waals surface area contributed by atoms with Crippen LogP contribution in [0.4, 0.5) is 0 Å². The molecule has 0 aromatic heterocycles. The first-order valence-corrected chi connectivity index (χ1v) is 7.24. The Labute approximate surface area is 102 Å². The normalized spacial score (nSPS) is 28.7. The fraction of sp³-hybridized carbons (Fsp3) is 1.00. The zero-order valence-corrected chi connectivity index (χ0v) is 11.9. The third-order valence-electron chi connectivity index (χ3n) is 4.52. The molecule has 3 atom stereocenters. The Balaban J connectivity index is 2.26. The van der Waals surface area contributed by atoms with Gasteiger partial charge < -0.3 is 5.32 Å². The Morgan fingerprint density at radius 3 is 2.31 bits per heavy atom. The quantitative estimate of drug-likeness (QED) is 0.743. The third kappa shape index (κ3) is 4.45. The van der Waals surface area contributed by atoms with Crippen LogP contribution in [0.3, 0.4) is 0 Å². The van der Waals surface area contributed by atoms with Crippen LogP contribution in [-0.2, 0) is 0 Å². The van der Waals surface area contributed by atoms with Gasteiger partial charge in [-0.25, -0.2) is 0 Å². The van der Waals surface area contributed by atoms with Crippen molar-refractivity contribution in [2.45, 2.75) is 66.3 Å². The highest BCUT2D eigenvalue weighted by atomic mass is 14.9. The van der Waals surface area contributed by atoms with E-state index in [0.29, 0.717) is 0 Å². The summed E-state index contributed by atoms with van der Waals surface area (Å²) in [5, 5.41) is 3.79. The van der Waals surface area contributed by atoms with Gasteiger partial charge in [0.05, 0.1) is 0 Å². The summed E-state index contributed by atoms with van der Waals surface area (Å²) in [4.78, 5) is 0. The van der Waals surface area contributed by atoms with E-state index >= 15 is 0 Å². The first-order valence-electron chi connectivity index (χ1n) is 7.24. The largest absolute Gasteiger partial charge is 0.314 e. The maximum atomic E-state index is 3.79. The summed E-state index contributed by atoms with van der Waals surface area (Å²) in [7, 11) is 0. The van der Waals surface area contributed by atoms with E-state index in [9.17, 15) is 0 Å². The molecule has 0 heterocycles. The lowest BCUT2D eigenvalue weighted by Crippen LogP contribution is -2.38. The van der Waals surface area contributed by atoms with Crippen LogP contribution in [0, 0.1) is 23.7 Å². The molecule has 1 heteroatoms. The molecule has 0 saturated heterocycles. The highest BCUT2D eigenvalue weighted by molar-refractivity contribution is 4.80. The van der Waals surface area contributed by atoms with Gasteiger partial charge in [0.2, 0.25) is 0 Å². The number of nitrogens with one attached hydrogen (secondary N) is 1. The number of hydrogen-bond acceptors (Lipinski definition) is 1. The third-order valence-corrected chi connectivity index (χ3v) is 4.52. The summed E-state index contributed by atoms with van der Waals surface area (Å²) in [5.41, 5.74) is 0. The first kappa shape index (κ1) is 14.0. The highest BCUT2D eigenvalue weighted by Gasteiger charge is 2.24. The van der Waals surface area contributed by atoms with Gasteiger partial charge >= 0.3 is 0 Å². The van der Waals surface area contributed by atoms with Gasteiger partial charge in [0.15, 0.2) is 0 Å². The smallest absolute Gasteiger partial charge is 0.00699 e. The predicted octanol–water partition coefficient (Wildman–Crippen LogP) is 4.08. The van der Waals surface area contributed by atoms with Crippen LogP contribution in [-0.4, -0.2) is 12.6 Å². The van der Waals surface area contributed by atoms with E-state index in [1.165, 1.54) is 32.2 Å². The molecule has 1 fully saturated rings. The van der Waals surface area contributed by atoms with Crippen molar-refractivity contribution in [3.8, 4) is 0 Å². The van der Waals surface area contributed by atoms with Crippen molar-refractivity contribution in [2.24, 2.45) is 23.7 Å². The molecule has 1 aliphatic rings. The molecular formula is C15H31N. The minimum atomic E-state index is 0.794. The van der Waals surface area contributed by atoms with Crippen LogP contribution < -0.4 is 5.32 Å². The zero-order chi connectivity index (χ0) is 12.1. The van der Waals surface area contributed by atoms with Gasteiger partial charge in [-0.05, 0) is 43.1 Å². The lowest BCUT2D eigenvalue weighted by molar-refractivity contribution is 0.222. The lowest BCUT2D eigenvalue weighted by Gasteiger charge is -2.33. The first-order chi connectivity index (χ1) is 7.50. The molecule has 0 spiro atoms. The Morgan fingerprint density at radius 2 is 1.75 bits per heavy atom. The second-order valence-electron chi connectivity index (χ2n) is 6.50. The maximum Gasteiger partial charge on any atom is 0.00699 e. The summed E-state index contributed by atoms with van der Waals surface area (Å²) < 4.78 is 0. The average molecular weight is 225 g/mol. The summed E-state index contributed by atoms with van der Waals surface area (Å²) in [6, 6.07) is 0.794. The molecule has 3 unspecified atom stereocenters. The van der Waals surface area contributed by atoms with Crippen molar-refractivity contribution in [1.29, 1.82) is 0 Å². The topological polar surface area (TPSA) is 12.0 Å². The maximum absolute atomic E-state index is 3.79. The molecule has 96 valence electrons. The summed E-state index contributed by atoms with van der Waals surface area (Å²) in [6.45, 7) is 13.0. The van der Waals surface area contributed by atoms with Crippen LogP contribution in [0.25, 0.3) is 0 Å². The molecule has 0 aromatic carbocycles. The standard InChI is InChI=1S/C15H31N/c1-11(2)13(5)10-16-15-8-6-7-14(9-15)12(3)4/h11-16H,6-10H2,1-5H3. The van der Waals surface area contributed by atoms with Crippen LogP contribution >= 0.6 is 0 Å². The van der Waals surface area contributed by atoms with Gasteiger partial charge in [0.25, 0.3) is 0 Å². The van der Waals surface area contributed by atoms with Crippen molar-refractivity contribution in [2.75, 3.05) is 6.54 Å². The second kappa shape index (κ2) is 6.64. The van der Waals surface area contributed by atoms with E-state index in [2.05, 4.69) is 39.9 Å². The van der Waals surface area contributed by atoms with Crippen molar-refractivity contribution in [3.05, 3.63) is 0 Å². The number of hydrogen-bond donors (Lipinski definition) is 1. The SMILES string of the molecule is CC(C)C(C)CNC1CCCC(C(C)C)C1. The lowest BCUT2D eigenvalue weighted by atomic mass is 9.79. The van der Waals surface area contributed by atoms with Gasteiger partial charge in [0.1, 0.15) is 0 Å². The molecule has 1 N–H and O–H groups in total. The zero-order valence-electron chi connectivity index (χ0n) is 11.9. The Morgan fingerprint density at radius 1 is 1.06 bits per heavy atom. The van der Waals surface area contributed by atoms with Crippen molar-refractivity contribution in [3.63, 3.8) is 0 Å². The Bertz CT molecular complexity index is 186. The van der Waals surface area contributed by atoms with E-state index in [1.807, 2.05) is 0 Å². The minimum absolute atomic E-state index is 0.794. The molecule has 1 aliphatic carbocycles. The average Bonchev–Trinajstić information content (AvgIpc) is 2.26. The number of rotatable bonds is 5. The monoisotopic (exact) mass is 225 g/mol. The Hall–Kier alpha value is -0.0400. The summed E-state index contributed by atoms with van der Waals surface area (Å²) >= 11 is 0. The van der Waals surface area contributed by atoms with Crippen LogP contribution in [0.1, 0.15) is 60.3 Å². The molecule has 0 amide bonds. The van der Waals surface area contributed by atoms with E-state index < -0.39 is 0 Å². The molecule has 0 bridgehead atoms. The van der Waals surface area contributed by atoms with Crippen LogP contribution in [0.2, 0.25) is 0 Å². The van der Waals surface area contributed by atoms with E-state index in [4.69, 9.17) is 0 Å². The Kier molecular flexibility index (Phi) is 5.82. The highest BCUT2D eigenvalue weighted by Crippen LogP contribution is 2.30. The van der Waals surface area contributed by atoms with E-state index in [-0.39, 0.29) is 0 Å². The fourth-order valence-electron chi connectivity index (χ4n) is 2.61.